The van der Waals surface area contributed by atoms with E-state index in [0.29, 0.717) is 22.5 Å². The van der Waals surface area contributed by atoms with E-state index < -0.39 is 0 Å². The van der Waals surface area contributed by atoms with Crippen LogP contribution in [0.4, 0.5) is 10.2 Å². The zero-order valence-electron chi connectivity index (χ0n) is 9.64. The third kappa shape index (κ3) is 1.73. The highest BCUT2D eigenvalue weighted by molar-refractivity contribution is 7.13. The van der Waals surface area contributed by atoms with Crippen LogP contribution < -0.4 is 5.73 Å². The van der Waals surface area contributed by atoms with E-state index in [2.05, 4.69) is 9.97 Å². The molecule has 0 aliphatic carbocycles. The molecular formula is C13H10FN3S. The molecule has 0 atom stereocenters. The van der Waals surface area contributed by atoms with Gasteiger partial charge < -0.3 is 5.73 Å². The van der Waals surface area contributed by atoms with Crippen LogP contribution in [0.15, 0.2) is 29.6 Å². The molecule has 0 saturated heterocycles. The maximum atomic E-state index is 13.1. The Morgan fingerprint density at radius 3 is 2.78 bits per heavy atom. The molecule has 0 spiro atoms. The van der Waals surface area contributed by atoms with Gasteiger partial charge in [-0.1, -0.05) is 0 Å². The normalized spacial score (nSPS) is 11.0. The zero-order chi connectivity index (χ0) is 12.7. The second-order valence-electron chi connectivity index (χ2n) is 4.03. The van der Waals surface area contributed by atoms with Crippen LogP contribution in [0.1, 0.15) is 5.56 Å². The lowest BCUT2D eigenvalue weighted by Gasteiger charge is -2.05. The van der Waals surface area contributed by atoms with Crippen LogP contribution in [-0.2, 0) is 0 Å². The first-order valence-electron chi connectivity index (χ1n) is 5.42. The fourth-order valence-corrected chi connectivity index (χ4v) is 2.69. The number of anilines is 1. The fourth-order valence-electron chi connectivity index (χ4n) is 1.83. The number of rotatable bonds is 1. The topological polar surface area (TPSA) is 51.8 Å². The zero-order valence-corrected chi connectivity index (χ0v) is 10.5. The van der Waals surface area contributed by atoms with E-state index in [0.717, 1.165) is 10.4 Å². The first kappa shape index (κ1) is 11.1. The van der Waals surface area contributed by atoms with Gasteiger partial charge in [0.15, 0.2) is 5.82 Å². The van der Waals surface area contributed by atoms with E-state index in [-0.39, 0.29) is 5.82 Å². The summed E-state index contributed by atoms with van der Waals surface area (Å²) in [6, 6.07) is 6.36. The number of aromatic nitrogens is 2. The van der Waals surface area contributed by atoms with Crippen molar-refractivity contribution in [3.05, 3.63) is 41.0 Å². The van der Waals surface area contributed by atoms with Crippen LogP contribution in [0.25, 0.3) is 21.6 Å². The fraction of sp³-hybridized carbons (Fsp3) is 0.0769. The van der Waals surface area contributed by atoms with Gasteiger partial charge in [-0.15, -0.1) is 11.3 Å². The smallest absolute Gasteiger partial charge is 0.172 e. The van der Waals surface area contributed by atoms with Crippen LogP contribution in [0.5, 0.6) is 0 Å². The van der Waals surface area contributed by atoms with Crippen molar-refractivity contribution in [2.45, 2.75) is 6.92 Å². The first-order valence-corrected chi connectivity index (χ1v) is 6.30. The first-order chi connectivity index (χ1) is 8.65. The Morgan fingerprint density at radius 2 is 2.06 bits per heavy atom. The van der Waals surface area contributed by atoms with E-state index in [1.54, 1.807) is 17.4 Å². The van der Waals surface area contributed by atoms with Crippen molar-refractivity contribution in [1.82, 2.24) is 9.97 Å². The quantitative estimate of drug-likeness (QED) is 0.728. The molecule has 0 bridgehead atoms. The number of nitrogens with zero attached hydrogens (tertiary/aromatic N) is 2. The summed E-state index contributed by atoms with van der Waals surface area (Å²) >= 11 is 1.57. The molecule has 2 aromatic heterocycles. The molecule has 0 unspecified atom stereocenters. The standard InChI is InChI=1S/C13H10FN3S/c1-7-4-5-18-11(7)13-16-10-3-2-8(14)6-9(10)12(15)17-13/h2-6H,1H3,(H2,15,16,17). The SMILES string of the molecule is Cc1ccsc1-c1nc(N)c2cc(F)ccc2n1. The summed E-state index contributed by atoms with van der Waals surface area (Å²) in [6.07, 6.45) is 0. The van der Waals surface area contributed by atoms with Crippen molar-refractivity contribution < 1.29 is 4.39 Å². The van der Waals surface area contributed by atoms with Gasteiger partial charge in [-0.2, -0.15) is 0 Å². The summed E-state index contributed by atoms with van der Waals surface area (Å²) in [7, 11) is 0. The summed E-state index contributed by atoms with van der Waals surface area (Å²) in [4.78, 5) is 9.68. The minimum atomic E-state index is -0.335. The van der Waals surface area contributed by atoms with Crippen molar-refractivity contribution in [2.75, 3.05) is 5.73 Å². The maximum absolute atomic E-state index is 13.1. The minimum absolute atomic E-state index is 0.308. The van der Waals surface area contributed by atoms with Crippen LogP contribution >= 0.6 is 11.3 Å². The van der Waals surface area contributed by atoms with Gasteiger partial charge in [0, 0.05) is 5.39 Å². The molecule has 5 heteroatoms. The molecule has 0 radical (unpaired) electrons. The molecule has 2 heterocycles. The molecule has 18 heavy (non-hydrogen) atoms. The van der Waals surface area contributed by atoms with Crippen molar-refractivity contribution >= 4 is 28.1 Å². The van der Waals surface area contributed by atoms with Gasteiger partial charge in [0.25, 0.3) is 0 Å². The highest BCUT2D eigenvalue weighted by Gasteiger charge is 2.10. The van der Waals surface area contributed by atoms with E-state index in [9.17, 15) is 4.39 Å². The number of fused-ring (bicyclic) bond motifs is 1. The number of nitrogens with two attached hydrogens (primary N) is 1. The molecule has 0 fully saturated rings. The third-order valence-electron chi connectivity index (χ3n) is 2.75. The number of nitrogen functional groups attached to an aromatic ring is 1. The van der Waals surface area contributed by atoms with Crippen molar-refractivity contribution in [2.24, 2.45) is 0 Å². The Kier molecular flexibility index (Phi) is 2.48. The van der Waals surface area contributed by atoms with Crippen LogP contribution in [0, 0.1) is 12.7 Å². The van der Waals surface area contributed by atoms with Gasteiger partial charge in [-0.05, 0) is 42.1 Å². The molecule has 0 amide bonds. The van der Waals surface area contributed by atoms with Gasteiger partial charge in [0.1, 0.15) is 11.6 Å². The molecule has 0 aliphatic heterocycles. The Hall–Kier alpha value is -2.01. The van der Waals surface area contributed by atoms with Gasteiger partial charge >= 0.3 is 0 Å². The van der Waals surface area contributed by atoms with E-state index in [4.69, 9.17) is 5.73 Å². The highest BCUT2D eigenvalue weighted by Crippen LogP contribution is 2.29. The highest BCUT2D eigenvalue weighted by atomic mass is 32.1. The maximum Gasteiger partial charge on any atom is 0.172 e. The number of thiophene rings is 1. The minimum Gasteiger partial charge on any atom is -0.383 e. The molecular weight excluding hydrogens is 249 g/mol. The van der Waals surface area contributed by atoms with Crippen LogP contribution in [0.3, 0.4) is 0 Å². The van der Waals surface area contributed by atoms with E-state index in [1.165, 1.54) is 12.1 Å². The number of halogens is 1. The lowest BCUT2D eigenvalue weighted by atomic mass is 10.2. The summed E-state index contributed by atoms with van der Waals surface area (Å²) in [6.45, 7) is 2.00. The number of hydrogen-bond acceptors (Lipinski definition) is 4. The van der Waals surface area contributed by atoms with E-state index >= 15 is 0 Å². The van der Waals surface area contributed by atoms with Gasteiger partial charge in [-0.3, -0.25) is 0 Å². The van der Waals surface area contributed by atoms with Crippen molar-refractivity contribution in [3.63, 3.8) is 0 Å². The molecule has 0 saturated carbocycles. The summed E-state index contributed by atoms with van der Waals surface area (Å²) in [5.41, 5.74) is 7.64. The molecule has 0 aliphatic rings. The average Bonchev–Trinajstić information content (AvgIpc) is 2.76. The largest absolute Gasteiger partial charge is 0.383 e. The number of aryl methyl sites for hydroxylation is 1. The monoisotopic (exact) mass is 259 g/mol. The van der Waals surface area contributed by atoms with Crippen LogP contribution in [0.2, 0.25) is 0 Å². The molecule has 3 aromatic rings. The second-order valence-corrected chi connectivity index (χ2v) is 4.94. The lowest BCUT2D eigenvalue weighted by molar-refractivity contribution is 0.629. The Balaban J connectivity index is 2.28. The Bertz CT molecular complexity index is 736. The predicted octanol–water partition coefficient (Wildman–Crippen LogP) is 3.39. The summed E-state index contributed by atoms with van der Waals surface area (Å²) in [5, 5.41) is 2.53. The molecule has 3 rings (SSSR count). The van der Waals surface area contributed by atoms with Crippen molar-refractivity contribution in [1.29, 1.82) is 0 Å². The van der Waals surface area contributed by atoms with Gasteiger partial charge in [0.2, 0.25) is 0 Å². The van der Waals surface area contributed by atoms with Crippen LogP contribution in [-0.4, -0.2) is 9.97 Å². The molecule has 3 nitrogen and oxygen atoms in total. The average molecular weight is 259 g/mol. The molecule has 90 valence electrons. The lowest BCUT2D eigenvalue weighted by Crippen LogP contribution is -1.98. The summed E-state index contributed by atoms with van der Waals surface area (Å²) in [5.74, 6) is 0.569. The molecule has 1 aromatic carbocycles. The van der Waals surface area contributed by atoms with E-state index in [1.807, 2.05) is 18.4 Å². The summed E-state index contributed by atoms with van der Waals surface area (Å²) < 4.78 is 13.1. The Labute approximate surface area is 107 Å². The Morgan fingerprint density at radius 1 is 1.22 bits per heavy atom. The number of benzene rings is 1. The number of hydrogen-bond donors (Lipinski definition) is 1. The predicted molar refractivity (Wildman–Crippen MR) is 72.0 cm³/mol. The van der Waals surface area contributed by atoms with Gasteiger partial charge in [0.05, 0.1) is 10.4 Å². The van der Waals surface area contributed by atoms with Crippen molar-refractivity contribution in [3.8, 4) is 10.7 Å². The second kappa shape index (κ2) is 4.03. The third-order valence-corrected chi connectivity index (χ3v) is 3.76. The molecule has 2 N–H and O–H groups in total. The van der Waals surface area contributed by atoms with Gasteiger partial charge in [-0.25, -0.2) is 14.4 Å².